The molecule has 0 saturated carbocycles. The van der Waals surface area contributed by atoms with E-state index in [1.807, 2.05) is 37.4 Å². The number of pyridine rings is 1. The standard InChI is InChI=1S/C18H18N4O3/c1-12-8-9-22-16(10-12)19-15(11-17(23)25-3)18(22)21-20-13-4-6-14(24-2)7-5-13/h4-10H,11H2,1-3H3. The third-order valence-corrected chi connectivity index (χ3v) is 3.70. The van der Waals surface area contributed by atoms with Crippen molar-refractivity contribution >= 4 is 23.1 Å². The van der Waals surface area contributed by atoms with Crippen molar-refractivity contribution < 1.29 is 14.3 Å². The van der Waals surface area contributed by atoms with Crippen molar-refractivity contribution in [2.24, 2.45) is 10.2 Å². The number of ether oxygens (including phenoxy) is 2. The van der Waals surface area contributed by atoms with Gasteiger partial charge in [-0.15, -0.1) is 10.2 Å². The highest BCUT2D eigenvalue weighted by Gasteiger charge is 2.16. The summed E-state index contributed by atoms with van der Waals surface area (Å²) >= 11 is 0. The Hall–Kier alpha value is -3.22. The molecule has 2 aromatic heterocycles. The number of benzene rings is 1. The molecule has 0 aliphatic rings. The molecule has 0 amide bonds. The molecule has 25 heavy (non-hydrogen) atoms. The Labute approximate surface area is 144 Å². The second-order valence-electron chi connectivity index (χ2n) is 5.47. The molecule has 0 aliphatic heterocycles. The van der Waals surface area contributed by atoms with Crippen LogP contribution < -0.4 is 4.74 Å². The maximum Gasteiger partial charge on any atom is 0.311 e. The van der Waals surface area contributed by atoms with Crippen LogP contribution in [0.4, 0.5) is 11.5 Å². The molecule has 0 atom stereocenters. The van der Waals surface area contributed by atoms with Crippen LogP contribution >= 0.6 is 0 Å². The first-order chi connectivity index (χ1) is 12.1. The van der Waals surface area contributed by atoms with Crippen molar-refractivity contribution in [1.82, 2.24) is 9.38 Å². The Morgan fingerprint density at radius 2 is 1.92 bits per heavy atom. The zero-order valence-electron chi connectivity index (χ0n) is 14.3. The van der Waals surface area contributed by atoms with Gasteiger partial charge < -0.3 is 9.47 Å². The average Bonchev–Trinajstić information content (AvgIpc) is 2.96. The number of hydrogen-bond acceptors (Lipinski definition) is 6. The van der Waals surface area contributed by atoms with E-state index in [1.54, 1.807) is 23.6 Å². The molecule has 0 spiro atoms. The maximum absolute atomic E-state index is 11.7. The van der Waals surface area contributed by atoms with E-state index in [9.17, 15) is 4.79 Å². The minimum atomic E-state index is -0.374. The number of aromatic nitrogens is 2. The van der Waals surface area contributed by atoms with Gasteiger partial charge in [0.25, 0.3) is 0 Å². The minimum absolute atomic E-state index is 0.0359. The molecular formula is C18H18N4O3. The van der Waals surface area contributed by atoms with Gasteiger partial charge in [0.2, 0.25) is 0 Å². The van der Waals surface area contributed by atoms with Crippen LogP contribution in [0.25, 0.3) is 5.65 Å². The lowest BCUT2D eigenvalue weighted by Crippen LogP contribution is -2.04. The van der Waals surface area contributed by atoms with Crippen LogP contribution in [-0.4, -0.2) is 29.6 Å². The third-order valence-electron chi connectivity index (χ3n) is 3.70. The van der Waals surface area contributed by atoms with E-state index in [4.69, 9.17) is 9.47 Å². The molecule has 0 radical (unpaired) electrons. The highest BCUT2D eigenvalue weighted by Crippen LogP contribution is 2.26. The molecule has 2 heterocycles. The SMILES string of the molecule is COC(=O)Cc1nc2cc(C)ccn2c1N=Nc1ccc(OC)cc1. The Bertz CT molecular complexity index is 929. The van der Waals surface area contributed by atoms with Crippen LogP contribution in [0.5, 0.6) is 5.75 Å². The number of aryl methyl sites for hydroxylation is 1. The minimum Gasteiger partial charge on any atom is -0.497 e. The lowest BCUT2D eigenvalue weighted by Gasteiger charge is -2.00. The van der Waals surface area contributed by atoms with Gasteiger partial charge >= 0.3 is 5.97 Å². The molecule has 0 saturated heterocycles. The number of esters is 1. The Morgan fingerprint density at radius 3 is 2.60 bits per heavy atom. The highest BCUT2D eigenvalue weighted by atomic mass is 16.5. The summed E-state index contributed by atoms with van der Waals surface area (Å²) in [6.07, 6.45) is 1.90. The number of rotatable bonds is 5. The summed E-state index contributed by atoms with van der Waals surface area (Å²) in [6.45, 7) is 1.98. The van der Waals surface area contributed by atoms with E-state index < -0.39 is 0 Å². The van der Waals surface area contributed by atoms with E-state index in [0.29, 0.717) is 22.8 Å². The van der Waals surface area contributed by atoms with Gasteiger partial charge in [-0.05, 0) is 48.9 Å². The quantitative estimate of drug-likeness (QED) is 0.524. The Balaban J connectivity index is 2.00. The molecule has 128 valence electrons. The predicted octanol–water partition coefficient (Wildman–Crippen LogP) is 3.78. The van der Waals surface area contributed by atoms with Crippen molar-refractivity contribution in [3.8, 4) is 5.75 Å². The van der Waals surface area contributed by atoms with E-state index in [-0.39, 0.29) is 12.4 Å². The second kappa shape index (κ2) is 7.12. The van der Waals surface area contributed by atoms with Gasteiger partial charge in [0.05, 0.1) is 32.0 Å². The molecule has 7 nitrogen and oxygen atoms in total. The van der Waals surface area contributed by atoms with Crippen LogP contribution in [-0.2, 0) is 16.0 Å². The lowest BCUT2D eigenvalue weighted by molar-refractivity contribution is -0.139. The predicted molar refractivity (Wildman–Crippen MR) is 92.8 cm³/mol. The number of methoxy groups -OCH3 is 2. The Morgan fingerprint density at radius 1 is 1.16 bits per heavy atom. The van der Waals surface area contributed by atoms with Gasteiger partial charge in [0.15, 0.2) is 5.82 Å². The van der Waals surface area contributed by atoms with Crippen LogP contribution in [0.1, 0.15) is 11.3 Å². The molecule has 3 aromatic rings. The zero-order chi connectivity index (χ0) is 17.8. The largest absolute Gasteiger partial charge is 0.497 e. The number of nitrogens with zero attached hydrogens (tertiary/aromatic N) is 4. The van der Waals surface area contributed by atoms with Gasteiger partial charge in [-0.2, -0.15) is 0 Å². The Kier molecular flexibility index (Phi) is 4.74. The highest BCUT2D eigenvalue weighted by molar-refractivity contribution is 5.74. The molecule has 0 fully saturated rings. The fourth-order valence-corrected chi connectivity index (χ4v) is 2.37. The number of carbonyl (C=O) groups excluding carboxylic acids is 1. The average molecular weight is 338 g/mol. The molecular weight excluding hydrogens is 320 g/mol. The molecule has 0 aliphatic carbocycles. The van der Waals surface area contributed by atoms with Gasteiger partial charge in [0, 0.05) is 6.20 Å². The summed E-state index contributed by atoms with van der Waals surface area (Å²) in [5.41, 5.74) is 2.98. The van der Waals surface area contributed by atoms with Crippen LogP contribution in [0, 0.1) is 6.92 Å². The smallest absolute Gasteiger partial charge is 0.311 e. The summed E-state index contributed by atoms with van der Waals surface area (Å²) < 4.78 is 11.7. The number of carbonyl (C=O) groups is 1. The lowest BCUT2D eigenvalue weighted by atomic mass is 10.3. The summed E-state index contributed by atoms with van der Waals surface area (Å²) in [4.78, 5) is 16.2. The third kappa shape index (κ3) is 3.65. The number of imidazole rings is 1. The number of azo groups is 1. The summed E-state index contributed by atoms with van der Waals surface area (Å²) in [5, 5.41) is 8.56. The van der Waals surface area contributed by atoms with Gasteiger partial charge in [-0.25, -0.2) is 4.98 Å². The first kappa shape index (κ1) is 16.6. The molecule has 0 unspecified atom stereocenters. The van der Waals surface area contributed by atoms with Crippen LogP contribution in [0.15, 0.2) is 52.8 Å². The summed E-state index contributed by atoms with van der Waals surface area (Å²) in [6, 6.07) is 11.1. The molecule has 1 aromatic carbocycles. The summed E-state index contributed by atoms with van der Waals surface area (Å²) in [7, 11) is 2.96. The van der Waals surface area contributed by atoms with Gasteiger partial charge in [-0.1, -0.05) is 0 Å². The number of hydrogen-bond donors (Lipinski definition) is 0. The molecule has 7 heteroatoms. The van der Waals surface area contributed by atoms with Crippen molar-refractivity contribution in [2.75, 3.05) is 14.2 Å². The molecule has 0 bridgehead atoms. The first-order valence-electron chi connectivity index (χ1n) is 7.71. The van der Waals surface area contributed by atoms with Crippen molar-refractivity contribution in [2.45, 2.75) is 13.3 Å². The topological polar surface area (TPSA) is 77.5 Å². The van der Waals surface area contributed by atoms with E-state index in [1.165, 1.54) is 7.11 Å². The maximum atomic E-state index is 11.7. The number of fused-ring (bicyclic) bond motifs is 1. The van der Waals surface area contributed by atoms with Gasteiger partial charge in [0.1, 0.15) is 11.4 Å². The molecule has 3 rings (SSSR count). The van der Waals surface area contributed by atoms with E-state index in [0.717, 1.165) is 11.3 Å². The van der Waals surface area contributed by atoms with Gasteiger partial charge in [-0.3, -0.25) is 9.20 Å². The van der Waals surface area contributed by atoms with Crippen LogP contribution in [0.3, 0.4) is 0 Å². The summed E-state index contributed by atoms with van der Waals surface area (Å²) in [5.74, 6) is 0.882. The van der Waals surface area contributed by atoms with Crippen molar-refractivity contribution in [3.05, 3.63) is 53.9 Å². The van der Waals surface area contributed by atoms with E-state index >= 15 is 0 Å². The zero-order valence-corrected chi connectivity index (χ0v) is 14.3. The fourth-order valence-electron chi connectivity index (χ4n) is 2.37. The van der Waals surface area contributed by atoms with E-state index in [2.05, 4.69) is 15.2 Å². The fraction of sp³-hybridized carbons (Fsp3) is 0.222. The molecule has 0 N–H and O–H groups in total. The monoisotopic (exact) mass is 338 g/mol. The first-order valence-corrected chi connectivity index (χ1v) is 7.71. The normalized spacial score (nSPS) is 11.2. The van der Waals surface area contributed by atoms with Crippen LogP contribution in [0.2, 0.25) is 0 Å². The van der Waals surface area contributed by atoms with Crippen molar-refractivity contribution in [1.29, 1.82) is 0 Å². The second-order valence-corrected chi connectivity index (χ2v) is 5.47. The van der Waals surface area contributed by atoms with Crippen molar-refractivity contribution in [3.63, 3.8) is 0 Å².